The van der Waals surface area contributed by atoms with Crippen molar-refractivity contribution in [3.63, 3.8) is 0 Å². The Hall–Kier alpha value is -2.82. The monoisotopic (exact) mass is 394 g/mol. The maximum atomic E-state index is 12.3. The van der Waals surface area contributed by atoms with Gasteiger partial charge in [-0.25, -0.2) is 4.79 Å². The molecule has 1 aliphatic heterocycles. The molecule has 1 saturated heterocycles. The summed E-state index contributed by atoms with van der Waals surface area (Å²) in [5.41, 5.74) is 10.6. The fourth-order valence-electron chi connectivity index (χ4n) is 3.99. The minimum atomic E-state index is -0.448. The highest BCUT2D eigenvalue weighted by Gasteiger charge is 2.23. The van der Waals surface area contributed by atoms with Crippen LogP contribution < -0.4 is 10.6 Å². The lowest BCUT2D eigenvalue weighted by Gasteiger charge is -2.31. The second-order valence-electron chi connectivity index (χ2n) is 7.68. The molecule has 2 aromatic rings. The summed E-state index contributed by atoms with van der Waals surface area (Å²) in [5, 5.41) is 0. The van der Waals surface area contributed by atoms with Crippen LogP contribution in [-0.4, -0.2) is 31.6 Å². The van der Waals surface area contributed by atoms with Gasteiger partial charge < -0.3 is 15.4 Å². The zero-order valence-electron chi connectivity index (χ0n) is 17.3. The molecule has 1 unspecified atom stereocenters. The third-order valence-corrected chi connectivity index (χ3v) is 5.52. The van der Waals surface area contributed by atoms with Crippen LogP contribution in [0, 0.1) is 6.92 Å². The molecule has 1 atom stereocenters. The molecule has 0 aliphatic carbocycles. The molecule has 0 radical (unpaired) electrons. The summed E-state index contributed by atoms with van der Waals surface area (Å²) in [6.07, 6.45) is 4.21. The number of hydrogen-bond donors (Lipinski definition) is 1. The van der Waals surface area contributed by atoms with Gasteiger partial charge in [0.1, 0.15) is 0 Å². The Bertz CT molecular complexity index is 855. The van der Waals surface area contributed by atoms with Crippen molar-refractivity contribution >= 4 is 17.6 Å². The standard InChI is InChI=1S/C24H30N2O3/c1-3-29-24(28)19-10-8-18(9-11-19)21(23(25)27)16-20-15-17(2)7-12-22(20)26-13-5-4-6-14-26/h7-12,15,21H,3-6,13-14,16H2,1-2H3,(H2,25,27). The van der Waals surface area contributed by atoms with Crippen molar-refractivity contribution in [3.05, 3.63) is 64.7 Å². The lowest BCUT2D eigenvalue weighted by molar-refractivity contribution is -0.119. The summed E-state index contributed by atoms with van der Waals surface area (Å²) in [6.45, 7) is 6.27. The molecular formula is C24H30N2O3. The van der Waals surface area contributed by atoms with Gasteiger partial charge in [-0.05, 0) is 68.9 Å². The molecule has 154 valence electrons. The van der Waals surface area contributed by atoms with E-state index in [1.54, 1.807) is 31.2 Å². The highest BCUT2D eigenvalue weighted by atomic mass is 16.5. The van der Waals surface area contributed by atoms with E-state index in [4.69, 9.17) is 10.5 Å². The predicted molar refractivity (Wildman–Crippen MR) is 115 cm³/mol. The number of ether oxygens (including phenoxy) is 1. The highest BCUT2D eigenvalue weighted by molar-refractivity contribution is 5.90. The van der Waals surface area contributed by atoms with Crippen molar-refractivity contribution in [2.45, 2.75) is 45.4 Å². The average Bonchev–Trinajstić information content (AvgIpc) is 2.73. The Morgan fingerprint density at radius 3 is 2.38 bits per heavy atom. The van der Waals surface area contributed by atoms with Crippen LogP contribution >= 0.6 is 0 Å². The second-order valence-corrected chi connectivity index (χ2v) is 7.68. The van der Waals surface area contributed by atoms with E-state index in [2.05, 4.69) is 30.0 Å². The Morgan fingerprint density at radius 1 is 1.07 bits per heavy atom. The van der Waals surface area contributed by atoms with Gasteiger partial charge in [0, 0.05) is 18.8 Å². The molecule has 1 aliphatic rings. The topological polar surface area (TPSA) is 72.6 Å². The molecule has 0 aromatic heterocycles. The number of hydrogen-bond acceptors (Lipinski definition) is 4. The molecule has 5 heteroatoms. The molecule has 2 aromatic carbocycles. The van der Waals surface area contributed by atoms with Gasteiger partial charge in [0.2, 0.25) is 5.91 Å². The molecular weight excluding hydrogens is 364 g/mol. The van der Waals surface area contributed by atoms with E-state index in [0.717, 1.165) is 24.2 Å². The molecule has 2 N–H and O–H groups in total. The van der Waals surface area contributed by atoms with E-state index in [1.165, 1.54) is 30.5 Å². The number of piperidine rings is 1. The number of rotatable bonds is 7. The van der Waals surface area contributed by atoms with E-state index < -0.39 is 5.92 Å². The number of primary amides is 1. The third-order valence-electron chi connectivity index (χ3n) is 5.52. The fourth-order valence-corrected chi connectivity index (χ4v) is 3.99. The third kappa shape index (κ3) is 5.17. The van der Waals surface area contributed by atoms with Gasteiger partial charge in [0.05, 0.1) is 18.1 Å². The Kier molecular flexibility index (Phi) is 6.91. The van der Waals surface area contributed by atoms with Crippen molar-refractivity contribution < 1.29 is 14.3 Å². The van der Waals surface area contributed by atoms with E-state index >= 15 is 0 Å². The number of nitrogens with two attached hydrogens (primary N) is 1. The van der Waals surface area contributed by atoms with Crippen molar-refractivity contribution in [1.29, 1.82) is 0 Å². The number of aryl methyl sites for hydroxylation is 1. The molecule has 1 heterocycles. The number of benzene rings is 2. The first-order valence-corrected chi connectivity index (χ1v) is 10.4. The second kappa shape index (κ2) is 9.59. The molecule has 0 saturated carbocycles. The predicted octanol–water partition coefficient (Wildman–Crippen LogP) is 3.97. The van der Waals surface area contributed by atoms with Crippen LogP contribution in [0.25, 0.3) is 0 Å². The van der Waals surface area contributed by atoms with Crippen molar-refractivity contribution in [2.24, 2.45) is 5.73 Å². The van der Waals surface area contributed by atoms with Gasteiger partial charge in [0.15, 0.2) is 0 Å². The van der Waals surface area contributed by atoms with Crippen molar-refractivity contribution in [3.8, 4) is 0 Å². The summed E-state index contributed by atoms with van der Waals surface area (Å²) in [6, 6.07) is 13.5. The van der Waals surface area contributed by atoms with Crippen LogP contribution in [0.15, 0.2) is 42.5 Å². The first-order valence-electron chi connectivity index (χ1n) is 10.4. The molecule has 0 spiro atoms. The Labute approximate surface area is 172 Å². The zero-order valence-corrected chi connectivity index (χ0v) is 17.3. The quantitative estimate of drug-likeness (QED) is 0.721. The van der Waals surface area contributed by atoms with Crippen LogP contribution in [0.4, 0.5) is 5.69 Å². The number of amides is 1. The summed E-state index contributed by atoms with van der Waals surface area (Å²) < 4.78 is 5.03. The number of esters is 1. The first-order chi connectivity index (χ1) is 14.0. The van der Waals surface area contributed by atoms with Gasteiger partial charge in [0.25, 0.3) is 0 Å². The maximum Gasteiger partial charge on any atom is 0.338 e. The molecule has 5 nitrogen and oxygen atoms in total. The van der Waals surface area contributed by atoms with Crippen LogP contribution in [-0.2, 0) is 16.0 Å². The number of carbonyl (C=O) groups excluding carboxylic acids is 2. The fraction of sp³-hybridized carbons (Fsp3) is 0.417. The van der Waals surface area contributed by atoms with Gasteiger partial charge in [-0.1, -0.05) is 29.8 Å². The average molecular weight is 395 g/mol. The Balaban J connectivity index is 1.87. The summed E-state index contributed by atoms with van der Waals surface area (Å²) >= 11 is 0. The maximum absolute atomic E-state index is 12.3. The minimum absolute atomic E-state index is 0.330. The Morgan fingerprint density at radius 2 is 1.76 bits per heavy atom. The van der Waals surface area contributed by atoms with E-state index in [9.17, 15) is 9.59 Å². The largest absolute Gasteiger partial charge is 0.462 e. The SMILES string of the molecule is CCOC(=O)c1ccc(C(Cc2cc(C)ccc2N2CCCCC2)C(N)=O)cc1. The summed E-state index contributed by atoms with van der Waals surface area (Å²) in [5.74, 6) is -1.17. The normalized spacial score (nSPS) is 15.0. The zero-order chi connectivity index (χ0) is 20.8. The number of nitrogens with zero attached hydrogens (tertiary/aromatic N) is 1. The van der Waals surface area contributed by atoms with E-state index in [1.807, 2.05) is 0 Å². The number of anilines is 1. The summed E-state index contributed by atoms with van der Waals surface area (Å²) in [7, 11) is 0. The summed E-state index contributed by atoms with van der Waals surface area (Å²) in [4.78, 5) is 26.6. The van der Waals surface area contributed by atoms with Gasteiger partial charge in [-0.2, -0.15) is 0 Å². The minimum Gasteiger partial charge on any atom is -0.462 e. The van der Waals surface area contributed by atoms with Gasteiger partial charge in [-0.15, -0.1) is 0 Å². The molecule has 0 bridgehead atoms. The molecule has 1 fully saturated rings. The van der Waals surface area contributed by atoms with E-state index in [0.29, 0.717) is 18.6 Å². The van der Waals surface area contributed by atoms with Crippen molar-refractivity contribution in [2.75, 3.05) is 24.6 Å². The van der Waals surface area contributed by atoms with E-state index in [-0.39, 0.29) is 11.9 Å². The van der Waals surface area contributed by atoms with Crippen LogP contribution in [0.5, 0.6) is 0 Å². The lowest BCUT2D eigenvalue weighted by Crippen LogP contribution is -2.31. The van der Waals surface area contributed by atoms with Crippen molar-refractivity contribution in [1.82, 2.24) is 0 Å². The smallest absolute Gasteiger partial charge is 0.338 e. The molecule has 3 rings (SSSR count). The molecule has 29 heavy (non-hydrogen) atoms. The van der Waals surface area contributed by atoms with Crippen LogP contribution in [0.1, 0.15) is 59.2 Å². The van der Waals surface area contributed by atoms with Crippen LogP contribution in [0.2, 0.25) is 0 Å². The molecule has 1 amide bonds. The number of carbonyl (C=O) groups is 2. The lowest BCUT2D eigenvalue weighted by atomic mass is 9.89. The van der Waals surface area contributed by atoms with Gasteiger partial charge in [-0.3, -0.25) is 4.79 Å². The first kappa shape index (κ1) is 20.9. The van der Waals surface area contributed by atoms with Gasteiger partial charge >= 0.3 is 5.97 Å². The van der Waals surface area contributed by atoms with Crippen LogP contribution in [0.3, 0.4) is 0 Å². The highest BCUT2D eigenvalue weighted by Crippen LogP contribution is 2.30.